The highest BCUT2D eigenvalue weighted by Crippen LogP contribution is 2.32. The maximum absolute atomic E-state index is 3.56. The van der Waals surface area contributed by atoms with Gasteiger partial charge in [0.25, 0.3) is 0 Å². The van der Waals surface area contributed by atoms with Crippen LogP contribution in [0.3, 0.4) is 0 Å². The lowest BCUT2D eigenvalue weighted by molar-refractivity contribution is 0.299. The summed E-state index contributed by atoms with van der Waals surface area (Å²) in [7, 11) is 2.11. The molecular formula is C17H27N. The molecule has 1 nitrogen and oxygen atoms in total. The zero-order chi connectivity index (χ0) is 12.8. The highest BCUT2D eigenvalue weighted by atomic mass is 14.9. The number of benzene rings is 1. The van der Waals surface area contributed by atoms with Gasteiger partial charge in [-0.2, -0.15) is 0 Å². The van der Waals surface area contributed by atoms with Gasteiger partial charge in [-0.3, -0.25) is 0 Å². The summed E-state index contributed by atoms with van der Waals surface area (Å²) in [5.41, 5.74) is 2.82. The van der Waals surface area contributed by atoms with Gasteiger partial charge in [0, 0.05) is 6.04 Å². The van der Waals surface area contributed by atoms with Crippen molar-refractivity contribution < 1.29 is 0 Å². The van der Waals surface area contributed by atoms with Gasteiger partial charge >= 0.3 is 0 Å². The second-order valence-electron chi connectivity index (χ2n) is 5.78. The number of rotatable bonds is 3. The Morgan fingerprint density at radius 2 is 1.50 bits per heavy atom. The van der Waals surface area contributed by atoms with Gasteiger partial charge in [0.2, 0.25) is 0 Å². The minimum absolute atomic E-state index is 0.545. The van der Waals surface area contributed by atoms with Crippen LogP contribution in [0.1, 0.15) is 62.1 Å². The molecule has 1 heteroatoms. The van der Waals surface area contributed by atoms with Crippen LogP contribution >= 0.6 is 0 Å². The van der Waals surface area contributed by atoms with Crippen molar-refractivity contribution in [3.05, 3.63) is 35.4 Å². The molecule has 0 heterocycles. The maximum Gasteiger partial charge on any atom is 0.0346 e. The first-order valence-corrected chi connectivity index (χ1v) is 7.55. The molecule has 1 aromatic rings. The number of nitrogens with one attached hydrogen (secondary N) is 1. The van der Waals surface area contributed by atoms with Gasteiger partial charge < -0.3 is 5.32 Å². The summed E-state index contributed by atoms with van der Waals surface area (Å²) < 4.78 is 0. The first-order chi connectivity index (χ1) is 8.81. The topological polar surface area (TPSA) is 12.0 Å². The van der Waals surface area contributed by atoms with E-state index in [1.54, 1.807) is 0 Å². The molecule has 18 heavy (non-hydrogen) atoms. The molecule has 0 saturated heterocycles. The van der Waals surface area contributed by atoms with Crippen molar-refractivity contribution in [3.8, 4) is 0 Å². The van der Waals surface area contributed by atoms with Crippen molar-refractivity contribution in [1.82, 2.24) is 5.32 Å². The van der Waals surface area contributed by atoms with E-state index in [4.69, 9.17) is 0 Å². The highest BCUT2D eigenvalue weighted by Gasteiger charge is 2.21. The van der Waals surface area contributed by atoms with Crippen molar-refractivity contribution in [2.24, 2.45) is 5.92 Å². The molecule has 0 spiro atoms. The van der Waals surface area contributed by atoms with Crippen LogP contribution in [0, 0.1) is 12.8 Å². The van der Waals surface area contributed by atoms with Crippen molar-refractivity contribution in [3.63, 3.8) is 0 Å². The molecule has 1 aliphatic carbocycles. The van der Waals surface area contributed by atoms with Gasteiger partial charge in [-0.15, -0.1) is 0 Å². The number of hydrogen-bond acceptors (Lipinski definition) is 1. The molecule has 0 aliphatic heterocycles. The number of aryl methyl sites for hydroxylation is 1. The van der Waals surface area contributed by atoms with E-state index in [1.165, 1.54) is 56.1 Å². The fraction of sp³-hybridized carbons (Fsp3) is 0.647. The van der Waals surface area contributed by atoms with Gasteiger partial charge in [0.15, 0.2) is 0 Å². The van der Waals surface area contributed by atoms with Crippen LogP contribution in [0.5, 0.6) is 0 Å². The van der Waals surface area contributed by atoms with Crippen LogP contribution in [-0.4, -0.2) is 7.05 Å². The summed E-state index contributed by atoms with van der Waals surface area (Å²) in [6.45, 7) is 2.16. The summed E-state index contributed by atoms with van der Waals surface area (Å²) in [6.07, 6.45) is 9.91. The molecule has 100 valence electrons. The van der Waals surface area contributed by atoms with Crippen LogP contribution in [0.15, 0.2) is 24.3 Å². The standard InChI is InChI=1S/C17H27N/c1-14-10-12-16(13-11-14)17(18-2)15-8-6-4-3-5-7-9-15/h10-13,15,17-18H,3-9H2,1-2H3. The van der Waals surface area contributed by atoms with Crippen LogP contribution in [0.4, 0.5) is 0 Å². The van der Waals surface area contributed by atoms with Crippen LogP contribution in [-0.2, 0) is 0 Å². The third-order valence-corrected chi connectivity index (χ3v) is 4.37. The average Bonchev–Trinajstić information content (AvgIpc) is 2.34. The van der Waals surface area contributed by atoms with Crippen LogP contribution in [0.2, 0.25) is 0 Å². The third-order valence-electron chi connectivity index (χ3n) is 4.37. The average molecular weight is 245 g/mol. The third kappa shape index (κ3) is 3.58. The zero-order valence-electron chi connectivity index (χ0n) is 11.9. The molecule has 0 aromatic heterocycles. The Balaban J connectivity index is 2.08. The van der Waals surface area contributed by atoms with Crippen molar-refractivity contribution in [2.45, 2.75) is 57.9 Å². The summed E-state index contributed by atoms with van der Waals surface area (Å²) in [5.74, 6) is 0.818. The van der Waals surface area contributed by atoms with Crippen molar-refractivity contribution in [2.75, 3.05) is 7.05 Å². The second kappa shape index (κ2) is 6.94. The fourth-order valence-electron chi connectivity index (χ4n) is 3.27. The van der Waals surface area contributed by atoms with E-state index < -0.39 is 0 Å². The van der Waals surface area contributed by atoms with E-state index in [-0.39, 0.29) is 0 Å². The minimum atomic E-state index is 0.545. The molecule has 1 fully saturated rings. The lowest BCUT2D eigenvalue weighted by Gasteiger charge is -2.29. The Morgan fingerprint density at radius 1 is 0.944 bits per heavy atom. The van der Waals surface area contributed by atoms with Crippen molar-refractivity contribution >= 4 is 0 Å². The van der Waals surface area contributed by atoms with Crippen LogP contribution < -0.4 is 5.32 Å². The predicted octanol–water partition coefficient (Wildman–Crippen LogP) is 4.62. The smallest absolute Gasteiger partial charge is 0.0346 e. The van der Waals surface area contributed by atoms with E-state index in [0.29, 0.717) is 6.04 Å². The van der Waals surface area contributed by atoms with E-state index in [9.17, 15) is 0 Å². The van der Waals surface area contributed by atoms with Gasteiger partial charge in [0.1, 0.15) is 0 Å². The molecule has 1 aliphatic rings. The first-order valence-electron chi connectivity index (χ1n) is 7.55. The summed E-state index contributed by atoms with van der Waals surface area (Å²) >= 11 is 0. The molecule has 0 bridgehead atoms. The monoisotopic (exact) mass is 245 g/mol. The zero-order valence-corrected chi connectivity index (χ0v) is 11.9. The largest absolute Gasteiger partial charge is 0.313 e. The summed E-state index contributed by atoms with van der Waals surface area (Å²) in [5, 5.41) is 3.56. The Labute approximate surface area is 112 Å². The van der Waals surface area contributed by atoms with Crippen LogP contribution in [0.25, 0.3) is 0 Å². The predicted molar refractivity (Wildman–Crippen MR) is 78.8 cm³/mol. The SMILES string of the molecule is CNC(c1ccc(C)cc1)C1CCCCCCC1. The van der Waals surface area contributed by atoms with E-state index in [1.807, 2.05) is 0 Å². The minimum Gasteiger partial charge on any atom is -0.313 e. The van der Waals surface area contributed by atoms with Crippen molar-refractivity contribution in [1.29, 1.82) is 0 Å². The lowest BCUT2D eigenvalue weighted by atomic mass is 9.83. The van der Waals surface area contributed by atoms with Gasteiger partial charge in [-0.05, 0) is 38.3 Å². The molecular weight excluding hydrogens is 218 g/mol. The Morgan fingerprint density at radius 3 is 2.06 bits per heavy atom. The van der Waals surface area contributed by atoms with Gasteiger partial charge in [0.05, 0.1) is 0 Å². The molecule has 1 saturated carbocycles. The molecule has 1 unspecified atom stereocenters. The highest BCUT2D eigenvalue weighted by molar-refractivity contribution is 5.24. The first kappa shape index (κ1) is 13.6. The molecule has 0 radical (unpaired) electrons. The lowest BCUT2D eigenvalue weighted by Crippen LogP contribution is -2.26. The van der Waals surface area contributed by atoms with E-state index >= 15 is 0 Å². The summed E-state index contributed by atoms with van der Waals surface area (Å²) in [6, 6.07) is 9.62. The molecule has 1 atom stereocenters. The van der Waals surface area contributed by atoms with Gasteiger partial charge in [-0.25, -0.2) is 0 Å². The Bertz CT molecular complexity index is 333. The molecule has 1 aromatic carbocycles. The maximum atomic E-state index is 3.56. The quantitative estimate of drug-likeness (QED) is 0.819. The molecule has 0 amide bonds. The fourth-order valence-corrected chi connectivity index (χ4v) is 3.27. The number of hydrogen-bond donors (Lipinski definition) is 1. The summed E-state index contributed by atoms with van der Waals surface area (Å²) in [4.78, 5) is 0. The van der Waals surface area contributed by atoms with Gasteiger partial charge in [-0.1, -0.05) is 61.9 Å². The molecule has 1 N–H and O–H groups in total. The van der Waals surface area contributed by atoms with E-state index in [2.05, 4.69) is 43.6 Å². The second-order valence-corrected chi connectivity index (χ2v) is 5.78. The Hall–Kier alpha value is -0.820. The Kier molecular flexibility index (Phi) is 5.25. The molecule has 2 rings (SSSR count). The normalized spacial score (nSPS) is 20.1. The van der Waals surface area contributed by atoms with E-state index in [0.717, 1.165) is 5.92 Å².